The zero-order chi connectivity index (χ0) is 19.0. The average molecular weight is 372 g/mol. The second-order valence-corrected chi connectivity index (χ2v) is 6.36. The fourth-order valence-corrected chi connectivity index (χ4v) is 2.86. The van der Waals surface area contributed by atoms with Crippen molar-refractivity contribution in [3.63, 3.8) is 0 Å². The highest BCUT2D eigenvalue weighted by atomic mass is 19.4. The third-order valence-electron chi connectivity index (χ3n) is 4.18. The number of halogens is 3. The van der Waals surface area contributed by atoms with Gasteiger partial charge in [-0.15, -0.1) is 0 Å². The van der Waals surface area contributed by atoms with E-state index in [9.17, 15) is 13.2 Å². The van der Waals surface area contributed by atoms with E-state index >= 15 is 0 Å². The lowest BCUT2D eigenvalue weighted by Gasteiger charge is -2.02. The Labute approximate surface area is 151 Å². The normalized spacial score (nSPS) is 12.0. The van der Waals surface area contributed by atoms with Gasteiger partial charge in [-0.05, 0) is 35.7 Å². The molecule has 9 heteroatoms. The summed E-state index contributed by atoms with van der Waals surface area (Å²) in [7, 11) is 0. The van der Waals surface area contributed by atoms with Gasteiger partial charge in [-0.1, -0.05) is 0 Å². The molecule has 0 spiro atoms. The van der Waals surface area contributed by atoms with Crippen LogP contribution in [0.2, 0.25) is 0 Å². The fraction of sp³-hybridized carbons (Fsp3) is 0.222. The van der Waals surface area contributed by atoms with Gasteiger partial charge >= 0.3 is 6.18 Å². The second-order valence-electron chi connectivity index (χ2n) is 6.36. The van der Waals surface area contributed by atoms with E-state index in [1.54, 1.807) is 18.6 Å². The number of rotatable bonds is 4. The molecule has 0 bridgehead atoms. The lowest BCUT2D eigenvalue weighted by atomic mass is 10.1. The molecule has 0 saturated heterocycles. The van der Waals surface area contributed by atoms with Crippen molar-refractivity contribution >= 4 is 11.0 Å². The molecule has 0 amide bonds. The van der Waals surface area contributed by atoms with Gasteiger partial charge in [-0.3, -0.25) is 5.10 Å². The molecule has 4 aromatic rings. The van der Waals surface area contributed by atoms with Crippen molar-refractivity contribution in [3.05, 3.63) is 70.8 Å². The molecule has 0 aliphatic rings. The number of H-pyrrole nitrogens is 2. The van der Waals surface area contributed by atoms with Crippen molar-refractivity contribution in [1.29, 1.82) is 0 Å². The summed E-state index contributed by atoms with van der Waals surface area (Å²) in [5.41, 5.74) is 3.26. The third-order valence-corrected chi connectivity index (χ3v) is 4.18. The molecule has 0 aliphatic carbocycles. The van der Waals surface area contributed by atoms with Gasteiger partial charge in [0.05, 0.1) is 0 Å². The van der Waals surface area contributed by atoms with Gasteiger partial charge in [0.15, 0.2) is 5.69 Å². The fourth-order valence-electron chi connectivity index (χ4n) is 2.86. The van der Waals surface area contributed by atoms with E-state index in [2.05, 4.69) is 36.2 Å². The van der Waals surface area contributed by atoms with Crippen LogP contribution >= 0.6 is 0 Å². The van der Waals surface area contributed by atoms with Crippen LogP contribution in [0.25, 0.3) is 11.0 Å². The van der Waals surface area contributed by atoms with Crippen LogP contribution in [0, 0.1) is 6.92 Å². The Morgan fingerprint density at radius 1 is 1.00 bits per heavy atom. The molecule has 4 heterocycles. The SMILES string of the molecule is Cc1cnc2[nH]cc(Cc3cnc(Cc4cc(C(F)(F)F)n[nH]4)nc3)c2c1. The molecule has 0 fully saturated rings. The van der Waals surface area contributed by atoms with E-state index in [1.807, 2.05) is 13.1 Å². The molecule has 0 atom stereocenters. The largest absolute Gasteiger partial charge is 0.435 e. The zero-order valence-electron chi connectivity index (χ0n) is 14.3. The van der Waals surface area contributed by atoms with Crippen molar-refractivity contribution < 1.29 is 13.2 Å². The van der Waals surface area contributed by atoms with Crippen LogP contribution in [0.4, 0.5) is 13.2 Å². The molecule has 2 N–H and O–H groups in total. The third kappa shape index (κ3) is 3.67. The predicted octanol–water partition coefficient (Wildman–Crippen LogP) is 3.58. The van der Waals surface area contributed by atoms with E-state index in [0.717, 1.165) is 33.8 Å². The van der Waals surface area contributed by atoms with E-state index < -0.39 is 11.9 Å². The number of hydrogen-bond donors (Lipinski definition) is 2. The smallest absolute Gasteiger partial charge is 0.346 e. The highest BCUT2D eigenvalue weighted by Gasteiger charge is 2.33. The zero-order valence-corrected chi connectivity index (χ0v) is 14.3. The molecule has 27 heavy (non-hydrogen) atoms. The maximum Gasteiger partial charge on any atom is 0.435 e. The van der Waals surface area contributed by atoms with Crippen LogP contribution in [0.5, 0.6) is 0 Å². The first-order chi connectivity index (χ1) is 12.9. The van der Waals surface area contributed by atoms with E-state index in [1.165, 1.54) is 0 Å². The molecule has 0 aromatic carbocycles. The summed E-state index contributed by atoms with van der Waals surface area (Å²) in [4.78, 5) is 16.0. The first-order valence-corrected chi connectivity index (χ1v) is 8.22. The van der Waals surface area contributed by atoms with Crippen molar-refractivity contribution in [2.75, 3.05) is 0 Å². The minimum atomic E-state index is -4.47. The van der Waals surface area contributed by atoms with Gasteiger partial charge in [0, 0.05) is 48.7 Å². The molecule has 138 valence electrons. The van der Waals surface area contributed by atoms with Crippen LogP contribution in [-0.2, 0) is 19.0 Å². The van der Waals surface area contributed by atoms with Gasteiger partial charge in [0.2, 0.25) is 0 Å². The molecule has 0 unspecified atom stereocenters. The lowest BCUT2D eigenvalue weighted by Crippen LogP contribution is -2.04. The molecule has 0 aliphatic heterocycles. The summed E-state index contributed by atoms with van der Waals surface area (Å²) in [6.45, 7) is 1.99. The molecular weight excluding hydrogens is 357 g/mol. The maximum absolute atomic E-state index is 12.6. The number of nitrogens with zero attached hydrogens (tertiary/aromatic N) is 4. The maximum atomic E-state index is 12.6. The van der Waals surface area contributed by atoms with Crippen molar-refractivity contribution in [2.45, 2.75) is 25.9 Å². The van der Waals surface area contributed by atoms with E-state index in [0.29, 0.717) is 17.9 Å². The Morgan fingerprint density at radius 2 is 1.78 bits per heavy atom. The van der Waals surface area contributed by atoms with Gasteiger partial charge in [0.1, 0.15) is 11.5 Å². The predicted molar refractivity (Wildman–Crippen MR) is 92.1 cm³/mol. The van der Waals surface area contributed by atoms with Crippen LogP contribution in [-0.4, -0.2) is 30.1 Å². The monoisotopic (exact) mass is 372 g/mol. The van der Waals surface area contributed by atoms with E-state index in [-0.39, 0.29) is 6.42 Å². The highest BCUT2D eigenvalue weighted by Crippen LogP contribution is 2.28. The highest BCUT2D eigenvalue weighted by molar-refractivity contribution is 5.80. The Morgan fingerprint density at radius 3 is 2.48 bits per heavy atom. The van der Waals surface area contributed by atoms with Gasteiger partial charge in [-0.25, -0.2) is 15.0 Å². The topological polar surface area (TPSA) is 83.1 Å². The Balaban J connectivity index is 1.49. The van der Waals surface area contributed by atoms with E-state index in [4.69, 9.17) is 0 Å². The number of nitrogens with one attached hydrogen (secondary N) is 2. The minimum Gasteiger partial charge on any atom is -0.346 e. The molecule has 4 aromatic heterocycles. The van der Waals surface area contributed by atoms with Crippen molar-refractivity contribution in [3.8, 4) is 0 Å². The standard InChI is InChI=1S/C18H15F3N6/c1-10-2-14-12(9-25-17(14)24-6-10)3-11-7-22-16(23-8-11)5-13-4-15(27-26-13)18(19,20)21/h2,4,6-9H,3,5H2,1H3,(H,24,25)(H,26,27). The van der Waals surface area contributed by atoms with Crippen molar-refractivity contribution in [1.82, 2.24) is 30.1 Å². The van der Waals surface area contributed by atoms with Gasteiger partial charge in [0.25, 0.3) is 0 Å². The Kier molecular flexibility index (Phi) is 4.14. The number of aryl methyl sites for hydroxylation is 1. The van der Waals surface area contributed by atoms with Crippen LogP contribution in [0.1, 0.15) is 33.9 Å². The average Bonchev–Trinajstić information content (AvgIpc) is 3.24. The number of hydrogen-bond acceptors (Lipinski definition) is 4. The quantitative estimate of drug-likeness (QED) is 0.574. The number of aromatic nitrogens is 6. The molecular formula is C18H15F3N6. The van der Waals surface area contributed by atoms with Crippen LogP contribution < -0.4 is 0 Å². The summed E-state index contributed by atoms with van der Waals surface area (Å²) >= 11 is 0. The number of alkyl halides is 3. The number of fused-ring (bicyclic) bond motifs is 1. The first kappa shape index (κ1) is 17.2. The Hall–Kier alpha value is -3.23. The van der Waals surface area contributed by atoms with Gasteiger partial charge < -0.3 is 4.98 Å². The minimum absolute atomic E-state index is 0.152. The summed E-state index contributed by atoms with van der Waals surface area (Å²) in [5.74, 6) is 0.424. The molecule has 6 nitrogen and oxygen atoms in total. The first-order valence-electron chi connectivity index (χ1n) is 8.22. The Bertz CT molecular complexity index is 1080. The summed E-state index contributed by atoms with van der Waals surface area (Å²) < 4.78 is 37.8. The summed E-state index contributed by atoms with van der Waals surface area (Å²) in [6.07, 6.45) is 3.41. The molecule has 4 rings (SSSR count). The summed E-state index contributed by atoms with van der Waals surface area (Å²) in [6, 6.07) is 3.04. The van der Waals surface area contributed by atoms with Gasteiger partial charge in [-0.2, -0.15) is 18.3 Å². The second kappa shape index (κ2) is 6.49. The molecule has 0 radical (unpaired) electrons. The number of aromatic amines is 2. The van der Waals surface area contributed by atoms with Crippen LogP contribution in [0.3, 0.4) is 0 Å². The van der Waals surface area contributed by atoms with Crippen LogP contribution in [0.15, 0.2) is 36.9 Å². The summed E-state index contributed by atoms with van der Waals surface area (Å²) in [5, 5.41) is 6.70. The molecule has 0 saturated carbocycles. The van der Waals surface area contributed by atoms with Crippen molar-refractivity contribution in [2.24, 2.45) is 0 Å². The lowest BCUT2D eigenvalue weighted by molar-refractivity contribution is -0.141. The number of pyridine rings is 1.